The van der Waals surface area contributed by atoms with Gasteiger partial charge in [-0.1, -0.05) is 17.7 Å². The van der Waals surface area contributed by atoms with E-state index in [1.807, 2.05) is 0 Å². The van der Waals surface area contributed by atoms with Crippen LogP contribution in [0.3, 0.4) is 0 Å². The fourth-order valence-electron chi connectivity index (χ4n) is 2.31. The Morgan fingerprint density at radius 2 is 1.89 bits per heavy atom. The summed E-state index contributed by atoms with van der Waals surface area (Å²) < 4.78 is 0. The summed E-state index contributed by atoms with van der Waals surface area (Å²) in [6.45, 7) is 6.36. The topological polar surface area (TPSA) is 30.0 Å². The highest BCUT2D eigenvalue weighted by atomic mass is 32.1. The van der Waals surface area contributed by atoms with E-state index in [0.29, 0.717) is 6.42 Å². The minimum Gasteiger partial charge on any atom is -0.303 e. The lowest BCUT2D eigenvalue weighted by Gasteiger charge is -2.08. The molecule has 0 radical (unpaired) electrons. The SMILES string of the molecule is Cc1cc(C)c(-c2csc(CCC=O)n2)c(C)c1. The summed E-state index contributed by atoms with van der Waals surface area (Å²) in [5, 5.41) is 3.13. The lowest BCUT2D eigenvalue weighted by Crippen LogP contribution is -1.91. The quantitative estimate of drug-likeness (QED) is 0.780. The first-order chi connectivity index (χ1) is 8.61. The number of thiazole rings is 1. The Morgan fingerprint density at radius 3 is 2.50 bits per heavy atom. The van der Waals surface area contributed by atoms with Gasteiger partial charge in [0.2, 0.25) is 0 Å². The summed E-state index contributed by atoms with van der Waals surface area (Å²) in [5.41, 5.74) is 6.08. The molecule has 94 valence electrons. The van der Waals surface area contributed by atoms with Gasteiger partial charge < -0.3 is 4.79 Å². The molecule has 0 amide bonds. The molecule has 2 rings (SSSR count). The summed E-state index contributed by atoms with van der Waals surface area (Å²) in [4.78, 5) is 15.0. The van der Waals surface area contributed by atoms with Crippen LogP contribution in [0, 0.1) is 20.8 Å². The van der Waals surface area contributed by atoms with Gasteiger partial charge in [-0.3, -0.25) is 0 Å². The smallest absolute Gasteiger partial charge is 0.120 e. The molecular weight excluding hydrogens is 242 g/mol. The normalized spacial score (nSPS) is 10.6. The molecule has 1 aromatic carbocycles. The summed E-state index contributed by atoms with van der Waals surface area (Å²) in [6.07, 6.45) is 2.25. The van der Waals surface area contributed by atoms with E-state index in [-0.39, 0.29) is 0 Å². The molecule has 0 saturated heterocycles. The van der Waals surface area contributed by atoms with Crippen molar-refractivity contribution in [3.8, 4) is 11.3 Å². The van der Waals surface area contributed by atoms with Crippen LogP contribution in [-0.4, -0.2) is 11.3 Å². The third-order valence-electron chi connectivity index (χ3n) is 2.96. The van der Waals surface area contributed by atoms with E-state index in [4.69, 9.17) is 0 Å². The van der Waals surface area contributed by atoms with Crippen molar-refractivity contribution in [3.05, 3.63) is 39.2 Å². The molecule has 2 aromatic rings. The van der Waals surface area contributed by atoms with Crippen LogP contribution in [0.2, 0.25) is 0 Å². The van der Waals surface area contributed by atoms with E-state index in [0.717, 1.165) is 23.4 Å². The standard InChI is InChI=1S/C15H17NOS/c1-10-7-11(2)15(12(3)8-10)13-9-18-14(16-13)5-4-6-17/h6-9H,4-5H2,1-3H3. The van der Waals surface area contributed by atoms with Crippen LogP contribution in [0.25, 0.3) is 11.3 Å². The van der Waals surface area contributed by atoms with E-state index in [9.17, 15) is 4.79 Å². The lowest BCUT2D eigenvalue weighted by molar-refractivity contribution is -0.107. The van der Waals surface area contributed by atoms with Crippen LogP contribution in [0.15, 0.2) is 17.5 Å². The zero-order chi connectivity index (χ0) is 13.1. The van der Waals surface area contributed by atoms with Gasteiger partial charge >= 0.3 is 0 Å². The van der Waals surface area contributed by atoms with Crippen LogP contribution >= 0.6 is 11.3 Å². The lowest BCUT2D eigenvalue weighted by atomic mass is 9.98. The third-order valence-corrected chi connectivity index (χ3v) is 3.87. The molecule has 0 aliphatic carbocycles. The van der Waals surface area contributed by atoms with E-state index < -0.39 is 0 Å². The van der Waals surface area contributed by atoms with E-state index in [2.05, 4.69) is 43.3 Å². The average molecular weight is 259 g/mol. The number of hydrogen-bond acceptors (Lipinski definition) is 3. The second kappa shape index (κ2) is 5.44. The number of aldehydes is 1. The van der Waals surface area contributed by atoms with Crippen molar-refractivity contribution in [2.75, 3.05) is 0 Å². The second-order valence-electron chi connectivity index (χ2n) is 4.61. The largest absolute Gasteiger partial charge is 0.303 e. The van der Waals surface area contributed by atoms with Gasteiger partial charge in [-0.05, 0) is 31.9 Å². The molecule has 0 unspecified atom stereocenters. The van der Waals surface area contributed by atoms with Crippen molar-refractivity contribution in [3.63, 3.8) is 0 Å². The first-order valence-electron chi connectivity index (χ1n) is 6.08. The van der Waals surface area contributed by atoms with Crippen molar-refractivity contribution >= 4 is 17.6 Å². The number of hydrogen-bond donors (Lipinski definition) is 0. The first-order valence-corrected chi connectivity index (χ1v) is 6.96. The van der Waals surface area contributed by atoms with E-state index in [1.54, 1.807) is 11.3 Å². The molecule has 0 N–H and O–H groups in total. The predicted octanol–water partition coefficient (Wildman–Crippen LogP) is 3.87. The number of benzene rings is 1. The molecule has 0 aliphatic rings. The zero-order valence-corrected chi connectivity index (χ0v) is 11.8. The fourth-order valence-corrected chi connectivity index (χ4v) is 3.11. The van der Waals surface area contributed by atoms with E-state index >= 15 is 0 Å². The number of carbonyl (C=O) groups excluding carboxylic acids is 1. The molecule has 0 fully saturated rings. The summed E-state index contributed by atoms with van der Waals surface area (Å²) in [7, 11) is 0. The monoisotopic (exact) mass is 259 g/mol. The summed E-state index contributed by atoms with van der Waals surface area (Å²) >= 11 is 1.64. The highest BCUT2D eigenvalue weighted by molar-refractivity contribution is 7.09. The number of nitrogens with zero attached hydrogens (tertiary/aromatic N) is 1. The molecule has 1 heterocycles. The Bertz CT molecular complexity index is 549. The Morgan fingerprint density at radius 1 is 1.22 bits per heavy atom. The second-order valence-corrected chi connectivity index (χ2v) is 5.55. The molecule has 0 spiro atoms. The first kappa shape index (κ1) is 13.0. The number of rotatable bonds is 4. The molecule has 18 heavy (non-hydrogen) atoms. The molecule has 2 nitrogen and oxygen atoms in total. The van der Waals surface area contributed by atoms with Crippen LogP contribution in [0.1, 0.15) is 28.1 Å². The Hall–Kier alpha value is -1.48. The molecule has 0 atom stereocenters. The average Bonchev–Trinajstić information content (AvgIpc) is 2.73. The fraction of sp³-hybridized carbons (Fsp3) is 0.333. The van der Waals surface area contributed by atoms with Crippen LogP contribution in [0.4, 0.5) is 0 Å². The summed E-state index contributed by atoms with van der Waals surface area (Å²) in [6, 6.07) is 4.37. The minimum atomic E-state index is 0.554. The maximum Gasteiger partial charge on any atom is 0.120 e. The molecule has 1 aromatic heterocycles. The van der Waals surface area contributed by atoms with E-state index in [1.165, 1.54) is 22.3 Å². The zero-order valence-electron chi connectivity index (χ0n) is 11.0. The van der Waals surface area contributed by atoms with Gasteiger partial charge in [-0.25, -0.2) is 4.98 Å². The Labute approximate surface area is 112 Å². The predicted molar refractivity (Wildman–Crippen MR) is 76.1 cm³/mol. The van der Waals surface area contributed by atoms with Gasteiger partial charge in [0.15, 0.2) is 0 Å². The van der Waals surface area contributed by atoms with Gasteiger partial charge in [-0.15, -0.1) is 11.3 Å². The van der Waals surface area contributed by atoms with Gasteiger partial charge in [0.1, 0.15) is 6.29 Å². The maximum absolute atomic E-state index is 10.4. The molecule has 0 bridgehead atoms. The highest BCUT2D eigenvalue weighted by Crippen LogP contribution is 2.29. The third kappa shape index (κ3) is 2.67. The van der Waals surface area contributed by atoms with Gasteiger partial charge in [-0.2, -0.15) is 0 Å². The number of carbonyl (C=O) groups is 1. The Kier molecular flexibility index (Phi) is 3.92. The molecule has 0 aliphatic heterocycles. The van der Waals surface area contributed by atoms with Crippen molar-refractivity contribution in [1.82, 2.24) is 4.98 Å². The van der Waals surface area contributed by atoms with Crippen LogP contribution in [0.5, 0.6) is 0 Å². The molecule has 3 heteroatoms. The number of aromatic nitrogens is 1. The van der Waals surface area contributed by atoms with Crippen molar-refractivity contribution < 1.29 is 4.79 Å². The number of aryl methyl sites for hydroxylation is 4. The van der Waals surface area contributed by atoms with Crippen molar-refractivity contribution in [1.29, 1.82) is 0 Å². The maximum atomic E-state index is 10.4. The van der Waals surface area contributed by atoms with Gasteiger partial charge in [0.05, 0.1) is 10.7 Å². The van der Waals surface area contributed by atoms with Crippen molar-refractivity contribution in [2.45, 2.75) is 33.6 Å². The molecule has 0 saturated carbocycles. The minimum absolute atomic E-state index is 0.554. The van der Waals surface area contributed by atoms with Crippen molar-refractivity contribution in [2.24, 2.45) is 0 Å². The van der Waals surface area contributed by atoms with Gasteiger partial charge in [0.25, 0.3) is 0 Å². The highest BCUT2D eigenvalue weighted by Gasteiger charge is 2.10. The Balaban J connectivity index is 2.37. The van der Waals surface area contributed by atoms with Crippen LogP contribution < -0.4 is 0 Å². The van der Waals surface area contributed by atoms with Gasteiger partial charge in [0, 0.05) is 23.8 Å². The molecular formula is C15H17NOS. The summed E-state index contributed by atoms with van der Waals surface area (Å²) in [5.74, 6) is 0. The van der Waals surface area contributed by atoms with Crippen LogP contribution in [-0.2, 0) is 11.2 Å².